The summed E-state index contributed by atoms with van der Waals surface area (Å²) in [5, 5.41) is 3.25. The second kappa shape index (κ2) is 9.71. The summed E-state index contributed by atoms with van der Waals surface area (Å²) in [6.07, 6.45) is 0.883. The van der Waals surface area contributed by atoms with E-state index in [1.54, 1.807) is 20.3 Å². The predicted molar refractivity (Wildman–Crippen MR) is 126 cm³/mol. The van der Waals surface area contributed by atoms with Gasteiger partial charge >= 0.3 is 0 Å². The molecular weight excluding hydrogens is 404 g/mol. The van der Waals surface area contributed by atoms with Gasteiger partial charge in [0.15, 0.2) is 0 Å². The van der Waals surface area contributed by atoms with Gasteiger partial charge < -0.3 is 19.6 Å². The van der Waals surface area contributed by atoms with Crippen LogP contribution in [0.5, 0.6) is 11.5 Å². The van der Waals surface area contributed by atoms with E-state index in [0.717, 1.165) is 50.1 Å². The summed E-state index contributed by atoms with van der Waals surface area (Å²) in [4.78, 5) is 21.6. The second-order valence-electron chi connectivity index (χ2n) is 8.58. The fourth-order valence-electron chi connectivity index (χ4n) is 4.37. The number of aldehydes is 1. The van der Waals surface area contributed by atoms with Gasteiger partial charge in [0.05, 0.1) is 19.9 Å². The first-order chi connectivity index (χ1) is 15.5. The van der Waals surface area contributed by atoms with Crippen LogP contribution in [0.25, 0.3) is 0 Å². The highest BCUT2D eigenvalue weighted by Gasteiger charge is 2.27. The maximum absolute atomic E-state index is 11.8. The number of piperazine rings is 1. The van der Waals surface area contributed by atoms with Gasteiger partial charge in [0, 0.05) is 62.0 Å². The van der Waals surface area contributed by atoms with E-state index in [1.165, 1.54) is 5.56 Å². The molecule has 1 unspecified atom stereocenters. The summed E-state index contributed by atoms with van der Waals surface area (Å²) in [5.41, 5.74) is 3.62. The Morgan fingerprint density at radius 1 is 1.09 bits per heavy atom. The number of nitrogens with one attached hydrogen (secondary N) is 1. The van der Waals surface area contributed by atoms with E-state index in [-0.39, 0.29) is 0 Å². The summed E-state index contributed by atoms with van der Waals surface area (Å²) in [7, 11) is 3.18. The van der Waals surface area contributed by atoms with Gasteiger partial charge in [-0.15, -0.1) is 0 Å². The molecule has 1 N–H and O–H groups in total. The highest BCUT2D eigenvalue weighted by atomic mass is 16.5. The van der Waals surface area contributed by atoms with Crippen molar-refractivity contribution in [3.05, 3.63) is 53.1 Å². The van der Waals surface area contributed by atoms with Gasteiger partial charge in [0.2, 0.25) is 0 Å². The standard InChI is InChI=1S/C25H32N4O3/c1-17(2)29-11-9-28(10-12-29)15-18-5-7-19(8-6-18)25-26-21-13-20(31-3)14-23(32-4)24(21)22(16-30)27-25/h5-8,13-14,16-17,22H,9-12,15H2,1-4H3,(H,26,27). The summed E-state index contributed by atoms with van der Waals surface area (Å²) in [6.45, 7) is 9.89. The van der Waals surface area contributed by atoms with E-state index >= 15 is 0 Å². The molecule has 4 rings (SSSR count). The molecule has 0 aliphatic carbocycles. The van der Waals surface area contributed by atoms with Crippen molar-refractivity contribution in [3.8, 4) is 11.5 Å². The van der Waals surface area contributed by atoms with E-state index in [4.69, 9.17) is 14.5 Å². The van der Waals surface area contributed by atoms with E-state index in [9.17, 15) is 4.79 Å². The van der Waals surface area contributed by atoms with Crippen LogP contribution in [0.4, 0.5) is 5.69 Å². The minimum Gasteiger partial charge on any atom is -0.497 e. The van der Waals surface area contributed by atoms with Gasteiger partial charge in [-0.25, -0.2) is 4.99 Å². The number of nitrogens with zero attached hydrogens (tertiary/aromatic N) is 3. The van der Waals surface area contributed by atoms with Gasteiger partial charge in [-0.2, -0.15) is 0 Å². The largest absolute Gasteiger partial charge is 0.497 e. The fourth-order valence-corrected chi connectivity index (χ4v) is 4.37. The average Bonchev–Trinajstić information content (AvgIpc) is 2.83. The lowest BCUT2D eigenvalue weighted by molar-refractivity contribution is -0.109. The molecule has 0 radical (unpaired) electrons. The lowest BCUT2D eigenvalue weighted by Crippen LogP contribution is -2.48. The Morgan fingerprint density at radius 3 is 2.41 bits per heavy atom. The van der Waals surface area contributed by atoms with Crippen LogP contribution in [0.1, 0.15) is 36.6 Å². The zero-order valence-corrected chi connectivity index (χ0v) is 19.3. The minimum absolute atomic E-state index is 0.532. The first-order valence-corrected chi connectivity index (χ1v) is 11.1. The highest BCUT2D eigenvalue weighted by molar-refractivity contribution is 6.03. The molecule has 170 valence electrons. The van der Waals surface area contributed by atoms with E-state index in [2.05, 4.69) is 53.2 Å². The van der Waals surface area contributed by atoms with Crippen LogP contribution in [0.2, 0.25) is 0 Å². The summed E-state index contributed by atoms with van der Waals surface area (Å²) < 4.78 is 10.9. The lowest BCUT2D eigenvalue weighted by atomic mass is 10.0. The molecule has 7 heteroatoms. The Kier molecular flexibility index (Phi) is 6.77. The number of hydrogen-bond acceptors (Lipinski definition) is 7. The molecule has 2 aromatic carbocycles. The monoisotopic (exact) mass is 436 g/mol. The normalized spacial score (nSPS) is 19.2. The number of methoxy groups -OCH3 is 2. The first kappa shape index (κ1) is 22.3. The lowest BCUT2D eigenvalue weighted by Gasteiger charge is -2.37. The van der Waals surface area contributed by atoms with Crippen molar-refractivity contribution in [2.45, 2.75) is 32.5 Å². The number of fused-ring (bicyclic) bond motifs is 1. The Labute approximate surface area is 190 Å². The maximum atomic E-state index is 11.8. The molecule has 0 aromatic heterocycles. The highest BCUT2D eigenvalue weighted by Crippen LogP contribution is 2.40. The van der Waals surface area contributed by atoms with Gasteiger partial charge in [0.1, 0.15) is 29.7 Å². The summed E-state index contributed by atoms with van der Waals surface area (Å²) in [5.74, 6) is 1.89. The van der Waals surface area contributed by atoms with Crippen molar-refractivity contribution in [2.75, 3.05) is 40.4 Å². The van der Waals surface area contributed by atoms with Crippen LogP contribution in [-0.2, 0) is 11.3 Å². The molecule has 32 heavy (non-hydrogen) atoms. The molecule has 0 amide bonds. The van der Waals surface area contributed by atoms with Crippen molar-refractivity contribution in [3.63, 3.8) is 0 Å². The molecule has 1 atom stereocenters. The zero-order chi connectivity index (χ0) is 22.7. The average molecular weight is 437 g/mol. The summed E-state index contributed by atoms with van der Waals surface area (Å²) in [6, 6.07) is 12.1. The smallest absolute Gasteiger partial charge is 0.147 e. The van der Waals surface area contributed by atoms with Crippen LogP contribution in [0.3, 0.4) is 0 Å². The Morgan fingerprint density at radius 2 is 1.81 bits per heavy atom. The second-order valence-corrected chi connectivity index (χ2v) is 8.58. The van der Waals surface area contributed by atoms with Gasteiger partial charge in [-0.1, -0.05) is 24.3 Å². The topological polar surface area (TPSA) is 66.4 Å². The first-order valence-electron chi connectivity index (χ1n) is 11.1. The van der Waals surface area contributed by atoms with Crippen LogP contribution < -0.4 is 14.8 Å². The van der Waals surface area contributed by atoms with Gasteiger partial charge in [-0.05, 0) is 19.4 Å². The molecular formula is C25H32N4O3. The van der Waals surface area contributed by atoms with Crippen molar-refractivity contribution in [1.82, 2.24) is 15.1 Å². The van der Waals surface area contributed by atoms with E-state index in [1.807, 2.05) is 6.07 Å². The van der Waals surface area contributed by atoms with Crippen LogP contribution in [0, 0.1) is 0 Å². The molecule has 0 spiro atoms. The van der Waals surface area contributed by atoms with Crippen molar-refractivity contribution in [2.24, 2.45) is 4.99 Å². The molecule has 2 aliphatic rings. The van der Waals surface area contributed by atoms with Gasteiger partial charge in [0.25, 0.3) is 0 Å². The summed E-state index contributed by atoms with van der Waals surface area (Å²) >= 11 is 0. The number of benzene rings is 2. The Balaban J connectivity index is 1.52. The Hall–Kier alpha value is -2.90. The molecule has 7 nitrogen and oxygen atoms in total. The van der Waals surface area contributed by atoms with Gasteiger partial charge in [-0.3, -0.25) is 9.80 Å². The molecule has 0 bridgehead atoms. The number of ether oxygens (including phenoxy) is 2. The number of carbonyl (C=O) groups is 1. The number of amidine groups is 1. The number of hydrogen-bond donors (Lipinski definition) is 1. The van der Waals surface area contributed by atoms with E-state index in [0.29, 0.717) is 29.1 Å². The minimum atomic E-state index is -0.532. The third-order valence-corrected chi connectivity index (χ3v) is 6.29. The molecule has 1 saturated heterocycles. The molecule has 2 aliphatic heterocycles. The molecule has 0 saturated carbocycles. The number of aliphatic imine (C=N–C) groups is 1. The third kappa shape index (κ3) is 4.64. The zero-order valence-electron chi connectivity index (χ0n) is 19.3. The molecule has 1 fully saturated rings. The fraction of sp³-hybridized carbons (Fsp3) is 0.440. The SMILES string of the molecule is COc1cc2c(c(OC)c1)C(C=O)NC(c1ccc(CN3CCN(C(C)C)CC3)cc1)=N2. The van der Waals surface area contributed by atoms with Crippen LogP contribution in [-0.4, -0.2) is 68.4 Å². The van der Waals surface area contributed by atoms with Crippen molar-refractivity contribution in [1.29, 1.82) is 0 Å². The number of carbonyl (C=O) groups excluding carboxylic acids is 1. The third-order valence-electron chi connectivity index (χ3n) is 6.29. The quantitative estimate of drug-likeness (QED) is 0.673. The van der Waals surface area contributed by atoms with Crippen molar-refractivity contribution < 1.29 is 14.3 Å². The van der Waals surface area contributed by atoms with E-state index < -0.39 is 6.04 Å². The molecule has 2 aromatic rings. The number of rotatable bonds is 7. The van der Waals surface area contributed by atoms with Crippen LogP contribution >= 0.6 is 0 Å². The predicted octanol–water partition coefficient (Wildman–Crippen LogP) is 3.15. The molecule has 2 heterocycles. The van der Waals surface area contributed by atoms with Crippen LogP contribution in [0.15, 0.2) is 41.4 Å². The van der Waals surface area contributed by atoms with Crippen molar-refractivity contribution >= 4 is 17.8 Å². The maximum Gasteiger partial charge on any atom is 0.147 e. The Bertz CT molecular complexity index is 979.